The fraction of sp³-hybridized carbons (Fsp3) is 0.750. The van der Waals surface area contributed by atoms with Gasteiger partial charge in [0.15, 0.2) is 0 Å². The lowest BCUT2D eigenvalue weighted by Gasteiger charge is -2.36. The third-order valence-electron chi connectivity index (χ3n) is 3.53. The van der Waals surface area contributed by atoms with Crippen molar-refractivity contribution in [1.82, 2.24) is 9.80 Å². The van der Waals surface area contributed by atoms with Gasteiger partial charge in [-0.3, -0.25) is 4.79 Å². The van der Waals surface area contributed by atoms with Gasteiger partial charge in [-0.2, -0.15) is 0 Å². The molecule has 2 aliphatic rings. The standard InChI is InChI=1S/C12H20N2O/c15-11-3-6-13-9-4-12(5-10-13)14-7-1-2-8-14/h3,6,11-12H,1-2,4-5,7-10H2. The number of allylic oxidation sites excluding steroid dienone is 1. The van der Waals surface area contributed by atoms with Gasteiger partial charge < -0.3 is 9.80 Å². The van der Waals surface area contributed by atoms with Crippen molar-refractivity contribution in [3.8, 4) is 0 Å². The highest BCUT2D eigenvalue weighted by Gasteiger charge is 2.25. The molecule has 0 N–H and O–H groups in total. The van der Waals surface area contributed by atoms with E-state index in [4.69, 9.17) is 0 Å². The first-order valence-corrected chi connectivity index (χ1v) is 6.00. The summed E-state index contributed by atoms with van der Waals surface area (Å²) in [5, 5.41) is 0. The zero-order valence-electron chi connectivity index (χ0n) is 9.27. The van der Waals surface area contributed by atoms with E-state index in [0.29, 0.717) is 0 Å². The molecule has 0 radical (unpaired) electrons. The van der Waals surface area contributed by atoms with Crippen LogP contribution in [0.15, 0.2) is 12.3 Å². The van der Waals surface area contributed by atoms with Gasteiger partial charge in [0.25, 0.3) is 0 Å². The lowest BCUT2D eigenvalue weighted by molar-refractivity contribution is -0.104. The Hall–Kier alpha value is -0.830. The van der Waals surface area contributed by atoms with E-state index in [1.54, 1.807) is 6.08 Å². The molecule has 15 heavy (non-hydrogen) atoms. The molecule has 2 rings (SSSR count). The van der Waals surface area contributed by atoms with Crippen LogP contribution in [0, 0.1) is 0 Å². The zero-order valence-corrected chi connectivity index (χ0v) is 9.27. The van der Waals surface area contributed by atoms with Crippen LogP contribution in [0.4, 0.5) is 0 Å². The molecule has 0 aromatic carbocycles. The third-order valence-corrected chi connectivity index (χ3v) is 3.53. The van der Waals surface area contributed by atoms with Gasteiger partial charge in [-0.1, -0.05) is 0 Å². The van der Waals surface area contributed by atoms with Crippen molar-refractivity contribution < 1.29 is 4.79 Å². The molecule has 3 nitrogen and oxygen atoms in total. The summed E-state index contributed by atoms with van der Waals surface area (Å²) in [6.45, 7) is 4.81. The molecule has 0 amide bonds. The zero-order chi connectivity index (χ0) is 10.5. The molecule has 0 saturated carbocycles. The maximum atomic E-state index is 10.2. The van der Waals surface area contributed by atoms with E-state index in [1.807, 2.05) is 6.20 Å². The minimum atomic E-state index is 0.799. The number of hydrogen-bond acceptors (Lipinski definition) is 3. The number of rotatable bonds is 3. The Morgan fingerprint density at radius 1 is 1.00 bits per heavy atom. The van der Waals surface area contributed by atoms with Gasteiger partial charge in [-0.05, 0) is 44.8 Å². The Morgan fingerprint density at radius 3 is 2.27 bits per heavy atom. The summed E-state index contributed by atoms with van der Waals surface area (Å²) in [6, 6.07) is 0.799. The highest BCUT2D eigenvalue weighted by molar-refractivity contribution is 5.64. The number of likely N-dealkylation sites (tertiary alicyclic amines) is 2. The molecular formula is C12H20N2O. The van der Waals surface area contributed by atoms with Gasteiger partial charge >= 0.3 is 0 Å². The molecule has 0 aliphatic carbocycles. The van der Waals surface area contributed by atoms with Crippen LogP contribution < -0.4 is 0 Å². The molecule has 2 heterocycles. The molecule has 0 unspecified atom stereocenters. The summed E-state index contributed by atoms with van der Waals surface area (Å²) in [5.41, 5.74) is 0. The normalized spacial score (nSPS) is 25.2. The summed E-state index contributed by atoms with van der Waals surface area (Å²) in [6.07, 6.45) is 9.64. The first-order valence-electron chi connectivity index (χ1n) is 6.00. The van der Waals surface area contributed by atoms with E-state index in [9.17, 15) is 4.79 Å². The van der Waals surface area contributed by atoms with Crippen LogP contribution in [0.25, 0.3) is 0 Å². The predicted octanol–water partition coefficient (Wildman–Crippen LogP) is 1.26. The Balaban J connectivity index is 1.76. The summed E-state index contributed by atoms with van der Waals surface area (Å²) in [4.78, 5) is 15.1. The van der Waals surface area contributed by atoms with Crippen molar-refractivity contribution in [3.63, 3.8) is 0 Å². The van der Waals surface area contributed by atoms with Crippen molar-refractivity contribution in [2.75, 3.05) is 26.2 Å². The van der Waals surface area contributed by atoms with E-state index in [2.05, 4.69) is 9.80 Å². The second kappa shape index (κ2) is 5.31. The smallest absolute Gasteiger partial charge is 0.144 e. The molecule has 0 bridgehead atoms. The van der Waals surface area contributed by atoms with Crippen LogP contribution in [0.1, 0.15) is 25.7 Å². The van der Waals surface area contributed by atoms with Crippen LogP contribution >= 0.6 is 0 Å². The molecule has 0 aromatic heterocycles. The van der Waals surface area contributed by atoms with Gasteiger partial charge in [-0.25, -0.2) is 0 Å². The largest absolute Gasteiger partial charge is 0.377 e. The quantitative estimate of drug-likeness (QED) is 0.515. The lowest BCUT2D eigenvalue weighted by atomic mass is 10.0. The Labute approximate surface area is 91.7 Å². The molecule has 0 aromatic rings. The number of aldehydes is 1. The number of piperidine rings is 1. The number of carbonyl (C=O) groups is 1. The fourth-order valence-corrected chi connectivity index (χ4v) is 2.66. The summed E-state index contributed by atoms with van der Waals surface area (Å²) >= 11 is 0. The highest BCUT2D eigenvalue weighted by Crippen LogP contribution is 2.20. The molecule has 84 valence electrons. The van der Waals surface area contributed by atoms with Gasteiger partial charge in [0.05, 0.1) is 0 Å². The monoisotopic (exact) mass is 208 g/mol. The minimum Gasteiger partial charge on any atom is -0.377 e. The molecule has 3 heteroatoms. The average Bonchev–Trinajstić information content (AvgIpc) is 2.80. The van der Waals surface area contributed by atoms with E-state index >= 15 is 0 Å². The molecule has 2 saturated heterocycles. The average molecular weight is 208 g/mol. The predicted molar refractivity (Wildman–Crippen MR) is 60.6 cm³/mol. The van der Waals surface area contributed by atoms with Crippen LogP contribution in [0.3, 0.4) is 0 Å². The molecule has 0 atom stereocenters. The first kappa shape index (κ1) is 10.7. The van der Waals surface area contributed by atoms with Gasteiger partial charge in [0.1, 0.15) is 6.29 Å². The van der Waals surface area contributed by atoms with Crippen molar-refractivity contribution in [1.29, 1.82) is 0 Å². The minimum absolute atomic E-state index is 0.799. The summed E-state index contributed by atoms with van der Waals surface area (Å²) in [5.74, 6) is 0. The molecular weight excluding hydrogens is 188 g/mol. The van der Waals surface area contributed by atoms with E-state index in [-0.39, 0.29) is 0 Å². The van der Waals surface area contributed by atoms with Gasteiger partial charge in [0, 0.05) is 25.3 Å². The molecule has 0 spiro atoms. The highest BCUT2D eigenvalue weighted by atomic mass is 16.1. The third kappa shape index (κ3) is 2.81. The summed E-state index contributed by atoms with van der Waals surface area (Å²) in [7, 11) is 0. The van der Waals surface area contributed by atoms with Crippen LogP contribution in [-0.2, 0) is 4.79 Å². The number of nitrogens with zero attached hydrogens (tertiary/aromatic N) is 2. The lowest BCUT2D eigenvalue weighted by Crippen LogP contribution is -2.42. The molecule has 2 fully saturated rings. The number of carbonyl (C=O) groups excluding carboxylic acids is 1. The Morgan fingerprint density at radius 2 is 1.67 bits per heavy atom. The Bertz CT molecular complexity index is 226. The van der Waals surface area contributed by atoms with E-state index in [0.717, 1.165) is 25.4 Å². The van der Waals surface area contributed by atoms with E-state index < -0.39 is 0 Å². The maximum absolute atomic E-state index is 10.2. The van der Waals surface area contributed by atoms with Gasteiger partial charge in [-0.15, -0.1) is 0 Å². The fourth-order valence-electron chi connectivity index (χ4n) is 2.66. The van der Waals surface area contributed by atoms with Gasteiger partial charge in [0.2, 0.25) is 0 Å². The molecule has 2 aliphatic heterocycles. The first-order chi connectivity index (χ1) is 7.40. The second-order valence-electron chi connectivity index (χ2n) is 4.49. The number of hydrogen-bond donors (Lipinski definition) is 0. The van der Waals surface area contributed by atoms with Crippen molar-refractivity contribution >= 4 is 6.29 Å². The van der Waals surface area contributed by atoms with Crippen molar-refractivity contribution in [2.24, 2.45) is 0 Å². The second-order valence-corrected chi connectivity index (χ2v) is 4.49. The van der Waals surface area contributed by atoms with Crippen molar-refractivity contribution in [2.45, 2.75) is 31.7 Å². The van der Waals surface area contributed by atoms with Crippen LogP contribution in [0.5, 0.6) is 0 Å². The topological polar surface area (TPSA) is 23.6 Å². The van der Waals surface area contributed by atoms with Crippen LogP contribution in [-0.4, -0.2) is 48.3 Å². The van der Waals surface area contributed by atoms with Crippen LogP contribution in [0.2, 0.25) is 0 Å². The maximum Gasteiger partial charge on any atom is 0.144 e. The SMILES string of the molecule is O=CC=CN1CCC(N2CCCC2)CC1. The van der Waals surface area contributed by atoms with E-state index in [1.165, 1.54) is 38.8 Å². The summed E-state index contributed by atoms with van der Waals surface area (Å²) < 4.78 is 0. The van der Waals surface area contributed by atoms with Crippen molar-refractivity contribution in [3.05, 3.63) is 12.3 Å². The Kier molecular flexibility index (Phi) is 3.78.